The van der Waals surface area contributed by atoms with Gasteiger partial charge in [-0.2, -0.15) is 0 Å². The Labute approximate surface area is 158 Å². The molecule has 2 atom stereocenters. The summed E-state index contributed by atoms with van der Waals surface area (Å²) in [6.07, 6.45) is 2.10. The summed E-state index contributed by atoms with van der Waals surface area (Å²) < 4.78 is 18.6. The monoisotopic (exact) mass is 378 g/mol. The van der Waals surface area contributed by atoms with Gasteiger partial charge < -0.3 is 9.72 Å². The maximum absolute atomic E-state index is 13.3. The number of methoxy groups -OCH3 is 1. The predicted molar refractivity (Wildman–Crippen MR) is 99.4 cm³/mol. The number of nitrogens with one attached hydrogen (secondary N) is 2. The van der Waals surface area contributed by atoms with Crippen molar-refractivity contribution in [3.05, 3.63) is 74.3 Å². The minimum atomic E-state index is -0.592. The van der Waals surface area contributed by atoms with Gasteiger partial charge in [-0.05, 0) is 30.7 Å². The summed E-state index contributed by atoms with van der Waals surface area (Å²) >= 11 is 0. The third-order valence-electron chi connectivity index (χ3n) is 4.49. The molecule has 1 saturated carbocycles. The minimum absolute atomic E-state index is 0.0723. The van der Waals surface area contributed by atoms with Gasteiger partial charge in [0.15, 0.2) is 0 Å². The van der Waals surface area contributed by atoms with E-state index in [1.807, 2.05) is 0 Å². The summed E-state index contributed by atoms with van der Waals surface area (Å²) in [5.41, 5.74) is 0.802. The third kappa shape index (κ3) is 3.55. The van der Waals surface area contributed by atoms with E-state index in [-0.39, 0.29) is 23.2 Å². The fourth-order valence-corrected chi connectivity index (χ4v) is 2.99. The van der Waals surface area contributed by atoms with E-state index in [9.17, 15) is 14.0 Å². The fourth-order valence-electron chi connectivity index (χ4n) is 2.99. The van der Waals surface area contributed by atoms with Crippen molar-refractivity contribution in [2.75, 3.05) is 7.11 Å². The van der Waals surface area contributed by atoms with Crippen LogP contribution in [-0.2, 0) is 0 Å². The van der Waals surface area contributed by atoms with Crippen molar-refractivity contribution < 1.29 is 9.13 Å². The van der Waals surface area contributed by atoms with Crippen LogP contribution >= 0.6 is 0 Å². The molecular weight excluding hydrogens is 363 g/mol. The van der Waals surface area contributed by atoms with Gasteiger partial charge in [0.25, 0.3) is 5.56 Å². The van der Waals surface area contributed by atoms with E-state index >= 15 is 0 Å². The zero-order valence-electron chi connectivity index (χ0n) is 14.8. The number of aromatic amines is 2. The van der Waals surface area contributed by atoms with Crippen molar-refractivity contribution in [2.45, 2.75) is 12.3 Å². The molecule has 2 heterocycles. The van der Waals surface area contributed by atoms with Crippen LogP contribution in [-0.4, -0.2) is 27.3 Å². The van der Waals surface area contributed by atoms with Crippen LogP contribution in [0.4, 0.5) is 4.39 Å². The second-order valence-electron chi connectivity index (χ2n) is 6.41. The zero-order valence-corrected chi connectivity index (χ0v) is 14.8. The summed E-state index contributed by atoms with van der Waals surface area (Å²) in [5, 5.41) is 8.06. The van der Waals surface area contributed by atoms with Gasteiger partial charge in [-0.25, -0.2) is 9.18 Å². The molecule has 2 aromatic heterocycles. The van der Waals surface area contributed by atoms with Crippen LogP contribution in [0.5, 0.6) is 5.88 Å². The predicted octanol–water partition coefficient (Wildman–Crippen LogP) is 1.82. The highest BCUT2D eigenvalue weighted by atomic mass is 19.1. The van der Waals surface area contributed by atoms with Crippen LogP contribution in [0.25, 0.3) is 11.3 Å². The van der Waals surface area contributed by atoms with E-state index in [1.165, 1.54) is 25.4 Å². The lowest BCUT2D eigenvalue weighted by atomic mass is 10.1. The molecule has 0 saturated heterocycles. The molecule has 2 N–H and O–H groups in total. The quantitative estimate of drug-likeness (QED) is 0.677. The van der Waals surface area contributed by atoms with Crippen LogP contribution in [0.1, 0.15) is 23.5 Å². The Morgan fingerprint density at radius 1 is 1.25 bits per heavy atom. The number of rotatable bonds is 3. The number of halogens is 1. The number of ether oxygens (including phenoxy) is 1. The summed E-state index contributed by atoms with van der Waals surface area (Å²) in [6, 6.07) is 7.86. The molecule has 0 bridgehead atoms. The van der Waals surface area contributed by atoms with E-state index < -0.39 is 11.2 Å². The Morgan fingerprint density at radius 2 is 2.11 bits per heavy atom. The number of nitrogens with zero attached hydrogens (tertiary/aromatic N) is 2. The summed E-state index contributed by atoms with van der Waals surface area (Å²) in [5.74, 6) is 6.32. The molecule has 3 aromatic rings. The molecule has 0 radical (unpaired) electrons. The maximum Gasteiger partial charge on any atom is 0.325 e. The number of hydrogen-bond acceptors (Lipinski definition) is 5. The lowest BCUT2D eigenvalue weighted by Crippen LogP contribution is -2.23. The van der Waals surface area contributed by atoms with Gasteiger partial charge in [0.1, 0.15) is 11.5 Å². The molecule has 1 aromatic carbocycles. The zero-order chi connectivity index (χ0) is 19.7. The molecule has 140 valence electrons. The molecule has 0 aliphatic heterocycles. The molecular formula is C20H15FN4O3. The Balaban J connectivity index is 1.63. The topological polar surface area (TPSA) is 101 Å². The highest BCUT2D eigenvalue weighted by molar-refractivity contribution is 5.58. The van der Waals surface area contributed by atoms with Gasteiger partial charge >= 0.3 is 5.69 Å². The SMILES string of the molecule is COc1nnc(-c2c[nH]c(=O)[nH]c2=O)cc1[C@H]1C[C@@H]1C#Cc1cccc(F)c1. The first-order chi connectivity index (χ1) is 13.5. The van der Waals surface area contributed by atoms with Crippen LogP contribution < -0.4 is 16.0 Å². The van der Waals surface area contributed by atoms with Crippen molar-refractivity contribution in [1.29, 1.82) is 0 Å². The van der Waals surface area contributed by atoms with E-state index in [2.05, 4.69) is 32.0 Å². The number of aromatic nitrogens is 4. The first-order valence-corrected chi connectivity index (χ1v) is 8.56. The fraction of sp³-hybridized carbons (Fsp3) is 0.200. The van der Waals surface area contributed by atoms with Gasteiger partial charge in [-0.15, -0.1) is 10.2 Å². The van der Waals surface area contributed by atoms with Crippen molar-refractivity contribution >= 4 is 0 Å². The van der Waals surface area contributed by atoms with E-state index in [0.29, 0.717) is 17.1 Å². The van der Waals surface area contributed by atoms with Gasteiger partial charge in [0.05, 0.1) is 12.7 Å². The molecule has 1 aliphatic carbocycles. The molecule has 0 amide bonds. The molecule has 0 spiro atoms. The summed E-state index contributed by atoms with van der Waals surface area (Å²) in [6.45, 7) is 0. The second kappa shape index (κ2) is 7.12. The molecule has 7 nitrogen and oxygen atoms in total. The minimum Gasteiger partial charge on any atom is -0.480 e. The normalized spacial score (nSPS) is 17.5. The molecule has 1 aliphatic rings. The Morgan fingerprint density at radius 3 is 2.86 bits per heavy atom. The highest BCUT2D eigenvalue weighted by Crippen LogP contribution is 2.49. The third-order valence-corrected chi connectivity index (χ3v) is 4.49. The Hall–Kier alpha value is -3.73. The average molecular weight is 378 g/mol. The van der Waals surface area contributed by atoms with Crippen molar-refractivity contribution in [2.24, 2.45) is 5.92 Å². The van der Waals surface area contributed by atoms with E-state index in [0.717, 1.165) is 12.0 Å². The molecule has 4 rings (SSSR count). The summed E-state index contributed by atoms with van der Waals surface area (Å²) in [7, 11) is 1.50. The molecule has 1 fully saturated rings. The smallest absolute Gasteiger partial charge is 0.325 e. The Bertz CT molecular complexity index is 1220. The number of hydrogen-bond donors (Lipinski definition) is 2. The van der Waals surface area contributed by atoms with Crippen molar-refractivity contribution in [3.8, 4) is 29.0 Å². The first kappa shape index (κ1) is 17.7. The van der Waals surface area contributed by atoms with Gasteiger partial charge in [-0.3, -0.25) is 9.78 Å². The standard InChI is InChI=1S/C20H15FN4O3/c1-28-19-15(9-17(24-25-19)16-10-22-20(27)23-18(16)26)14-8-12(14)6-5-11-3-2-4-13(21)7-11/h2-4,7,9-10,12,14H,8H2,1H3,(H2,22,23,26,27)/t12-,14-/m0/s1. The van der Waals surface area contributed by atoms with E-state index in [1.54, 1.807) is 18.2 Å². The molecule has 8 heteroatoms. The van der Waals surface area contributed by atoms with Crippen LogP contribution in [0.2, 0.25) is 0 Å². The van der Waals surface area contributed by atoms with Crippen molar-refractivity contribution in [3.63, 3.8) is 0 Å². The van der Waals surface area contributed by atoms with Gasteiger partial charge in [0, 0.05) is 29.2 Å². The Kier molecular flexibility index (Phi) is 4.49. The van der Waals surface area contributed by atoms with Gasteiger partial charge in [-0.1, -0.05) is 17.9 Å². The molecule has 0 unspecified atom stereocenters. The molecule has 28 heavy (non-hydrogen) atoms. The van der Waals surface area contributed by atoms with Gasteiger partial charge in [0.2, 0.25) is 5.88 Å². The van der Waals surface area contributed by atoms with Crippen LogP contribution in [0.15, 0.2) is 46.1 Å². The summed E-state index contributed by atoms with van der Waals surface area (Å²) in [4.78, 5) is 27.8. The lowest BCUT2D eigenvalue weighted by molar-refractivity contribution is 0.386. The number of benzene rings is 1. The second-order valence-corrected chi connectivity index (χ2v) is 6.41. The highest BCUT2D eigenvalue weighted by Gasteiger charge is 2.40. The maximum atomic E-state index is 13.3. The first-order valence-electron chi connectivity index (χ1n) is 8.56. The number of H-pyrrole nitrogens is 2. The average Bonchev–Trinajstić information content (AvgIpc) is 3.46. The van der Waals surface area contributed by atoms with E-state index in [4.69, 9.17) is 4.74 Å². The lowest BCUT2D eigenvalue weighted by Gasteiger charge is -2.07. The van der Waals surface area contributed by atoms with Crippen molar-refractivity contribution in [1.82, 2.24) is 20.2 Å². The van der Waals surface area contributed by atoms with Crippen LogP contribution in [0, 0.1) is 23.6 Å². The van der Waals surface area contributed by atoms with Crippen LogP contribution in [0.3, 0.4) is 0 Å². The largest absolute Gasteiger partial charge is 0.480 e.